The molecule has 0 radical (unpaired) electrons. The maximum atomic E-state index is 10.2. The van der Waals surface area contributed by atoms with Gasteiger partial charge in [-0.05, 0) is 20.8 Å². The van der Waals surface area contributed by atoms with Crippen molar-refractivity contribution < 1.29 is 10.0 Å². The molecule has 0 bridgehead atoms. The van der Waals surface area contributed by atoms with E-state index < -0.39 is 11.6 Å². The Morgan fingerprint density at radius 2 is 1.89 bits per heavy atom. The third kappa shape index (κ3) is 2.32. The molecule has 0 unspecified atom stereocenters. The molecular formula is C5H12N2O2. The summed E-state index contributed by atoms with van der Waals surface area (Å²) in [5.41, 5.74) is 4.15. The van der Waals surface area contributed by atoms with Crippen LogP contribution in [0.25, 0.3) is 0 Å². The third-order valence-corrected chi connectivity index (χ3v) is 0.844. The lowest BCUT2D eigenvalue weighted by Gasteiger charge is -2.27. The van der Waals surface area contributed by atoms with E-state index in [1.165, 1.54) is 0 Å². The maximum absolute atomic E-state index is 10.2. The van der Waals surface area contributed by atoms with Crippen LogP contribution in [0.2, 0.25) is 0 Å². The molecule has 0 aromatic carbocycles. The number of primary amides is 1. The van der Waals surface area contributed by atoms with Crippen molar-refractivity contribution in [3.05, 3.63) is 0 Å². The summed E-state index contributed by atoms with van der Waals surface area (Å²) < 4.78 is 0. The number of rotatable bonds is 0. The normalized spacial score (nSPS) is 11.1. The van der Waals surface area contributed by atoms with Crippen LogP contribution in [0.5, 0.6) is 0 Å². The number of hydroxylamine groups is 2. The zero-order chi connectivity index (χ0) is 7.65. The Hall–Kier alpha value is -0.770. The van der Waals surface area contributed by atoms with Gasteiger partial charge in [-0.3, -0.25) is 5.21 Å². The summed E-state index contributed by atoms with van der Waals surface area (Å²) >= 11 is 0. The minimum Gasteiger partial charge on any atom is -0.350 e. The molecule has 2 amide bonds. The largest absolute Gasteiger partial charge is 0.350 e. The Morgan fingerprint density at radius 1 is 1.56 bits per heavy atom. The van der Waals surface area contributed by atoms with Gasteiger partial charge in [0.05, 0.1) is 5.54 Å². The van der Waals surface area contributed by atoms with Gasteiger partial charge < -0.3 is 5.73 Å². The molecule has 0 aliphatic carbocycles. The van der Waals surface area contributed by atoms with Gasteiger partial charge in [-0.15, -0.1) is 0 Å². The van der Waals surface area contributed by atoms with Gasteiger partial charge in [0.2, 0.25) is 0 Å². The number of amides is 2. The van der Waals surface area contributed by atoms with Gasteiger partial charge in [-0.1, -0.05) is 0 Å². The molecule has 4 nitrogen and oxygen atoms in total. The van der Waals surface area contributed by atoms with Crippen molar-refractivity contribution in [3.8, 4) is 0 Å². The zero-order valence-corrected chi connectivity index (χ0v) is 5.88. The fraction of sp³-hybridized carbons (Fsp3) is 0.800. The van der Waals surface area contributed by atoms with Gasteiger partial charge in [0, 0.05) is 0 Å². The van der Waals surface area contributed by atoms with Crippen LogP contribution in [0.4, 0.5) is 4.79 Å². The van der Waals surface area contributed by atoms with E-state index in [0.29, 0.717) is 5.06 Å². The summed E-state index contributed by atoms with van der Waals surface area (Å²) in [6.07, 6.45) is 0. The van der Waals surface area contributed by atoms with E-state index in [0.717, 1.165) is 0 Å². The van der Waals surface area contributed by atoms with Crippen LogP contribution in [0, 0.1) is 0 Å². The molecule has 0 aromatic rings. The molecule has 3 N–H and O–H groups in total. The minimum atomic E-state index is -0.831. The summed E-state index contributed by atoms with van der Waals surface area (Å²) in [7, 11) is 0. The van der Waals surface area contributed by atoms with Crippen molar-refractivity contribution >= 4 is 6.03 Å². The molecule has 0 saturated carbocycles. The lowest BCUT2D eigenvalue weighted by atomic mass is 10.1. The van der Waals surface area contributed by atoms with Crippen molar-refractivity contribution in [2.24, 2.45) is 5.73 Å². The Labute approximate surface area is 54.2 Å². The summed E-state index contributed by atoms with van der Waals surface area (Å²) in [5, 5.41) is 9.31. The Morgan fingerprint density at radius 3 is 1.89 bits per heavy atom. The predicted molar refractivity (Wildman–Crippen MR) is 33.0 cm³/mol. The first-order valence-electron chi connectivity index (χ1n) is 2.64. The van der Waals surface area contributed by atoms with E-state index in [2.05, 4.69) is 0 Å². The second kappa shape index (κ2) is 2.23. The van der Waals surface area contributed by atoms with Crippen LogP contribution in [0.15, 0.2) is 0 Å². The first kappa shape index (κ1) is 8.23. The molecule has 0 atom stereocenters. The molecule has 9 heavy (non-hydrogen) atoms. The highest BCUT2D eigenvalue weighted by Gasteiger charge is 2.21. The molecule has 0 saturated heterocycles. The average Bonchev–Trinajstić information content (AvgIpc) is 1.62. The van der Waals surface area contributed by atoms with E-state index in [-0.39, 0.29) is 0 Å². The van der Waals surface area contributed by atoms with Crippen LogP contribution in [0.1, 0.15) is 20.8 Å². The number of hydrogen-bond acceptors (Lipinski definition) is 2. The number of nitrogens with zero attached hydrogens (tertiary/aromatic N) is 1. The van der Waals surface area contributed by atoms with Crippen LogP contribution in [-0.4, -0.2) is 21.8 Å². The maximum Gasteiger partial charge on any atom is 0.339 e. The fourth-order valence-corrected chi connectivity index (χ4v) is 0.331. The van der Waals surface area contributed by atoms with Gasteiger partial charge in [0.15, 0.2) is 0 Å². The van der Waals surface area contributed by atoms with Gasteiger partial charge in [-0.2, -0.15) is 0 Å². The van der Waals surface area contributed by atoms with Crippen molar-refractivity contribution in [1.82, 2.24) is 5.06 Å². The van der Waals surface area contributed by atoms with Crippen LogP contribution < -0.4 is 5.73 Å². The van der Waals surface area contributed by atoms with Gasteiger partial charge in [0.1, 0.15) is 0 Å². The van der Waals surface area contributed by atoms with Crippen molar-refractivity contribution in [3.63, 3.8) is 0 Å². The van der Waals surface area contributed by atoms with Crippen molar-refractivity contribution in [1.29, 1.82) is 0 Å². The number of nitrogens with two attached hydrogens (primary N) is 1. The standard InChI is InChI=1S/C5H12N2O2/c1-5(2,3)7(9)4(6)8/h9H,1-3H3,(H2,6,8). The zero-order valence-electron chi connectivity index (χ0n) is 5.88. The summed E-state index contributed by atoms with van der Waals surface area (Å²) in [4.78, 5) is 10.2. The van der Waals surface area contributed by atoms with Crippen LogP contribution in [-0.2, 0) is 0 Å². The van der Waals surface area contributed by atoms with E-state index in [1.54, 1.807) is 20.8 Å². The quantitative estimate of drug-likeness (QED) is 0.373. The highest BCUT2D eigenvalue weighted by Crippen LogP contribution is 2.08. The molecule has 4 heteroatoms. The molecule has 0 spiro atoms. The molecule has 0 rings (SSSR count). The van der Waals surface area contributed by atoms with E-state index in [4.69, 9.17) is 10.9 Å². The van der Waals surface area contributed by atoms with Crippen molar-refractivity contribution in [2.45, 2.75) is 26.3 Å². The topological polar surface area (TPSA) is 66.6 Å². The monoisotopic (exact) mass is 132 g/mol. The predicted octanol–water partition coefficient (Wildman–Crippen LogP) is 0.555. The highest BCUT2D eigenvalue weighted by molar-refractivity contribution is 5.71. The molecule has 0 heterocycles. The summed E-state index contributed by atoms with van der Waals surface area (Å²) in [5.74, 6) is 0. The van der Waals surface area contributed by atoms with Crippen LogP contribution >= 0.6 is 0 Å². The second-order valence-electron chi connectivity index (χ2n) is 2.82. The average molecular weight is 132 g/mol. The lowest BCUT2D eigenvalue weighted by molar-refractivity contribution is -0.104. The van der Waals surface area contributed by atoms with Crippen LogP contribution in [0.3, 0.4) is 0 Å². The minimum absolute atomic E-state index is 0.493. The van der Waals surface area contributed by atoms with Gasteiger partial charge in [-0.25, -0.2) is 9.86 Å². The third-order valence-electron chi connectivity index (χ3n) is 0.844. The number of urea groups is 1. The molecule has 54 valence electrons. The Balaban J connectivity index is 4.04. The number of carbonyl (C=O) groups excluding carboxylic acids is 1. The van der Waals surface area contributed by atoms with Gasteiger partial charge in [0.25, 0.3) is 0 Å². The Kier molecular flexibility index (Phi) is 2.03. The molecular weight excluding hydrogens is 120 g/mol. The molecule has 0 aliphatic heterocycles. The molecule has 0 aliphatic rings. The van der Waals surface area contributed by atoms with Gasteiger partial charge >= 0.3 is 6.03 Å². The number of hydrogen-bond donors (Lipinski definition) is 2. The highest BCUT2D eigenvalue weighted by atomic mass is 16.5. The smallest absolute Gasteiger partial charge is 0.339 e. The first-order valence-corrected chi connectivity index (χ1v) is 2.64. The van der Waals surface area contributed by atoms with E-state index in [9.17, 15) is 4.79 Å². The first-order chi connectivity index (χ1) is 3.85. The summed E-state index contributed by atoms with van der Waals surface area (Å²) in [6, 6.07) is -0.831. The lowest BCUT2D eigenvalue weighted by Crippen LogP contribution is -2.45. The molecule has 0 aromatic heterocycles. The Bertz CT molecular complexity index is 117. The summed E-state index contributed by atoms with van der Waals surface area (Å²) in [6.45, 7) is 5.04. The van der Waals surface area contributed by atoms with E-state index in [1.807, 2.05) is 0 Å². The second-order valence-corrected chi connectivity index (χ2v) is 2.82. The fourth-order valence-electron chi connectivity index (χ4n) is 0.331. The number of carbonyl (C=O) groups is 1. The SMILES string of the molecule is CC(C)(C)N(O)C(N)=O. The molecule has 0 fully saturated rings. The van der Waals surface area contributed by atoms with E-state index >= 15 is 0 Å². The van der Waals surface area contributed by atoms with Crippen molar-refractivity contribution in [2.75, 3.05) is 0 Å².